The van der Waals surface area contributed by atoms with E-state index in [-0.39, 0.29) is 37.6 Å². The molecule has 6 aromatic carbocycles. The number of oxazole rings is 1. The van der Waals surface area contributed by atoms with E-state index < -0.39 is 8.07 Å². The molecule has 10 rings (SSSR count). The van der Waals surface area contributed by atoms with Gasteiger partial charge in [-0.1, -0.05) is 186 Å². The molecule has 4 aromatic heterocycles. The molecule has 0 saturated heterocycles. The van der Waals surface area contributed by atoms with Crippen LogP contribution in [0.5, 0.6) is 5.75 Å². The summed E-state index contributed by atoms with van der Waals surface area (Å²) < 4.78 is 10.8. The molecule has 0 radical (unpaired) electrons. The van der Waals surface area contributed by atoms with E-state index in [1.165, 1.54) is 5.19 Å². The summed E-state index contributed by atoms with van der Waals surface area (Å²) in [5.41, 5.74) is 14.5. The van der Waals surface area contributed by atoms with Crippen molar-refractivity contribution in [3.63, 3.8) is 0 Å². The predicted octanol–water partition coefficient (Wildman–Crippen LogP) is 13.8. The Morgan fingerprint density at radius 2 is 1.42 bits per heavy atom. The summed E-state index contributed by atoms with van der Waals surface area (Å²) in [6.45, 7) is 20.3. The fourth-order valence-corrected chi connectivity index (χ4v) is 9.97. The summed E-state index contributed by atoms with van der Waals surface area (Å²) in [4.78, 5) is 15.0. The van der Waals surface area contributed by atoms with Gasteiger partial charge in [0.25, 0.3) is 0 Å². The maximum absolute atomic E-state index is 12.6. The number of hydrogen-bond donors (Lipinski definition) is 1. The summed E-state index contributed by atoms with van der Waals surface area (Å²) in [6.07, 6.45) is 5.37. The molecule has 0 aliphatic rings. The maximum atomic E-state index is 12.6. The van der Waals surface area contributed by atoms with Crippen molar-refractivity contribution in [3.8, 4) is 67.5 Å². The average molecular weight is 1050 g/mol. The molecule has 0 aliphatic carbocycles. The smallest absolute Gasteiger partial charge is 0.215 e. The van der Waals surface area contributed by atoms with Crippen LogP contribution in [0.1, 0.15) is 52.7 Å². The topological polar surface area (TPSA) is 81.4 Å². The molecular weight excluding hydrogens is 998 g/mol. The van der Waals surface area contributed by atoms with E-state index in [9.17, 15) is 5.11 Å². The van der Waals surface area contributed by atoms with Gasteiger partial charge in [0.1, 0.15) is 11.6 Å². The molecule has 0 unspecified atom stereocenters. The Labute approximate surface area is 396 Å². The van der Waals surface area contributed by atoms with Crippen LogP contribution in [0.3, 0.4) is 0 Å². The zero-order chi connectivity index (χ0) is 44.7. The van der Waals surface area contributed by atoms with Crippen LogP contribution >= 0.6 is 0 Å². The number of hydrogen-bond acceptors (Lipinski definition) is 5. The van der Waals surface area contributed by atoms with Crippen molar-refractivity contribution < 1.29 is 30.6 Å². The fraction of sp³-hybridized carbons (Fsp3) is 0.196. The number of phenolic OH excluding ortho intramolecular Hbond substituents is 1. The molecule has 65 heavy (non-hydrogen) atoms. The first-order valence-electron chi connectivity index (χ1n) is 22.0. The Morgan fingerprint density at radius 3 is 2.11 bits per heavy atom. The summed E-state index contributed by atoms with van der Waals surface area (Å²) in [7, 11) is -1.74. The maximum Gasteiger partial charge on any atom is 0.215 e. The molecule has 0 saturated carbocycles. The second-order valence-corrected chi connectivity index (χ2v) is 25.1. The van der Waals surface area contributed by atoms with Crippen LogP contribution < -0.4 is 5.19 Å². The van der Waals surface area contributed by atoms with Gasteiger partial charge < -0.3 is 9.52 Å². The first-order valence-corrected chi connectivity index (χ1v) is 25.5. The third-order valence-electron chi connectivity index (χ3n) is 12.4. The molecule has 4 heterocycles. The number of fused-ring (bicyclic) bond motifs is 4. The summed E-state index contributed by atoms with van der Waals surface area (Å²) in [5, 5.41) is 13.9. The van der Waals surface area contributed by atoms with Crippen LogP contribution in [0.4, 0.5) is 0 Å². The molecule has 1 N–H and O–H groups in total. The Balaban J connectivity index is 0.00000533. The van der Waals surface area contributed by atoms with Gasteiger partial charge in [-0.15, -0.1) is 6.07 Å². The van der Waals surface area contributed by atoms with Crippen LogP contribution in [0.2, 0.25) is 19.6 Å². The van der Waals surface area contributed by atoms with Crippen molar-refractivity contribution in [1.82, 2.24) is 23.9 Å². The molecule has 7 nitrogen and oxygen atoms in total. The Bertz CT molecular complexity index is 3400. The zero-order valence-corrected chi connectivity index (χ0v) is 41.5. The van der Waals surface area contributed by atoms with E-state index in [0.717, 1.165) is 78.0 Å². The third-order valence-corrected chi connectivity index (χ3v) is 14.4. The number of phenols is 1. The minimum absolute atomic E-state index is 0. The van der Waals surface area contributed by atoms with Crippen molar-refractivity contribution >= 4 is 41.1 Å². The minimum atomic E-state index is -1.74. The first-order chi connectivity index (χ1) is 30.5. The van der Waals surface area contributed by atoms with E-state index >= 15 is 0 Å². The largest absolute Gasteiger partial charge is 0.507 e. The zero-order valence-electron chi connectivity index (χ0n) is 38.3. The normalized spacial score (nSPS) is 12.3. The van der Waals surface area contributed by atoms with Crippen molar-refractivity contribution in [2.45, 2.75) is 72.0 Å². The molecule has 0 spiro atoms. The summed E-state index contributed by atoms with van der Waals surface area (Å²) in [6, 6.07) is 48.5. The number of nitrogens with zero attached hydrogens (tertiary/aromatic N) is 5. The van der Waals surface area contributed by atoms with Gasteiger partial charge in [-0.05, 0) is 57.3 Å². The van der Waals surface area contributed by atoms with E-state index in [0.29, 0.717) is 22.7 Å². The first kappa shape index (κ1) is 43.9. The quantitative estimate of drug-likeness (QED) is 0.127. The van der Waals surface area contributed by atoms with Crippen LogP contribution in [0.25, 0.3) is 89.6 Å². The predicted molar refractivity (Wildman–Crippen MR) is 265 cm³/mol. The molecule has 0 amide bonds. The molecule has 328 valence electrons. The molecule has 9 heteroatoms. The number of aromatic hydroxyl groups is 1. The van der Waals surface area contributed by atoms with E-state index in [4.69, 9.17) is 14.4 Å². The fourth-order valence-electron chi connectivity index (χ4n) is 8.81. The van der Waals surface area contributed by atoms with Gasteiger partial charge in [-0.25, -0.2) is 9.97 Å². The van der Waals surface area contributed by atoms with Crippen LogP contribution in [-0.2, 0) is 31.9 Å². The van der Waals surface area contributed by atoms with E-state index in [1.54, 1.807) is 12.5 Å². The summed E-state index contributed by atoms with van der Waals surface area (Å²) >= 11 is 0. The van der Waals surface area contributed by atoms with Gasteiger partial charge in [0.2, 0.25) is 5.71 Å². The minimum Gasteiger partial charge on any atom is -0.507 e. The SMILES string of the molecule is CC(C)(C)c1cc(-c2nc3c(-c4[c-]c(-c5cc(-c6ccccc6)ccn5)cc5oc6cncn6c45)cccc3n2-c2ccc([Si](C)(C)C)cc2-c2ccccc2)c(O)c(C(C)(C)C)c1.[Pt]. The third kappa shape index (κ3) is 7.87. The number of pyridine rings is 1. The number of para-hydroxylation sites is 1. The van der Waals surface area contributed by atoms with Crippen molar-refractivity contribution in [2.75, 3.05) is 0 Å². The molecular formula is C56H52N5O2PtSi-. The van der Waals surface area contributed by atoms with Crippen molar-refractivity contribution in [1.29, 1.82) is 0 Å². The molecule has 10 aromatic rings. The summed E-state index contributed by atoms with van der Waals surface area (Å²) in [5.74, 6) is 0.882. The Morgan fingerprint density at radius 1 is 0.692 bits per heavy atom. The van der Waals surface area contributed by atoms with E-state index in [1.807, 2.05) is 40.9 Å². The van der Waals surface area contributed by atoms with Gasteiger partial charge in [0.05, 0.1) is 48.5 Å². The standard InChI is InChI=1S/C56H52N5O2Si.Pt/c1-55(2,3)39-30-44(53(62)45(31-39)56(4,5)6)54-59-51-41(21-16-22-48(51)61(54)47-24-23-40(64(7,8)9)32-42(47)36-19-14-11-15-20-36)43-27-38(29-49-52(43)60-34-57-33-50(60)63-49)46-28-37(25-26-58-46)35-17-12-10-13-18-35;/h10-26,28-34,62H,1-9H3;/q-1;. The van der Waals surface area contributed by atoms with Crippen LogP contribution in [-0.4, -0.2) is 37.1 Å². The van der Waals surface area contributed by atoms with Gasteiger partial charge in [-0.2, -0.15) is 0 Å². The van der Waals surface area contributed by atoms with Gasteiger partial charge in [-0.3, -0.25) is 14.0 Å². The van der Waals surface area contributed by atoms with Gasteiger partial charge in [0.15, 0.2) is 0 Å². The Kier molecular flexibility index (Phi) is 11.0. The number of rotatable bonds is 7. The molecule has 0 bridgehead atoms. The van der Waals surface area contributed by atoms with Crippen LogP contribution in [0.15, 0.2) is 151 Å². The molecule has 0 atom stereocenters. The van der Waals surface area contributed by atoms with Crippen LogP contribution in [0, 0.1) is 6.07 Å². The van der Waals surface area contributed by atoms with E-state index in [2.05, 4.69) is 174 Å². The Hall–Kier alpha value is -6.34. The van der Waals surface area contributed by atoms with Crippen molar-refractivity contribution in [2.24, 2.45) is 0 Å². The van der Waals surface area contributed by atoms with Gasteiger partial charge >= 0.3 is 0 Å². The number of aromatic nitrogens is 5. The average Bonchev–Trinajstić information content (AvgIpc) is 3.99. The molecule has 0 fully saturated rings. The second-order valence-electron chi connectivity index (χ2n) is 20.0. The molecule has 0 aliphatic heterocycles. The second kappa shape index (κ2) is 16.3. The van der Waals surface area contributed by atoms with Gasteiger partial charge in [0, 0.05) is 49.6 Å². The number of imidazole rings is 2. The monoisotopic (exact) mass is 1050 g/mol. The number of benzene rings is 6. The van der Waals surface area contributed by atoms with Crippen molar-refractivity contribution in [3.05, 3.63) is 163 Å².